The summed E-state index contributed by atoms with van der Waals surface area (Å²) in [6, 6.07) is 6.71. The molecule has 0 radical (unpaired) electrons. The Morgan fingerprint density at radius 3 is 2.65 bits per heavy atom. The topological polar surface area (TPSA) is 110 Å². The molecular weight excluding hydrogens is 441 g/mol. The molecule has 3 aliphatic rings. The summed E-state index contributed by atoms with van der Waals surface area (Å²) >= 11 is 12.4. The number of rotatable bonds is 6. The van der Waals surface area contributed by atoms with Gasteiger partial charge >= 0.3 is 0 Å². The molecule has 10 heteroatoms. The number of nitrogens with two attached hydrogens (primary N) is 1. The van der Waals surface area contributed by atoms with E-state index >= 15 is 0 Å². The van der Waals surface area contributed by atoms with Gasteiger partial charge in [-0.05, 0) is 30.7 Å². The van der Waals surface area contributed by atoms with Crippen LogP contribution in [0.15, 0.2) is 24.3 Å². The molecule has 0 spiro atoms. The number of carbonyl (C=O) groups is 3. The number of likely N-dealkylation sites (tertiary alicyclic amines) is 1. The highest BCUT2D eigenvalue weighted by atomic mass is 35.5. The molecule has 31 heavy (non-hydrogen) atoms. The number of carbonyl (C=O) groups excluding carboxylic acids is 3. The fourth-order valence-electron chi connectivity index (χ4n) is 4.89. The van der Waals surface area contributed by atoms with Crippen molar-refractivity contribution in [1.82, 2.24) is 20.0 Å². The molecule has 8 nitrogen and oxygen atoms in total. The van der Waals surface area contributed by atoms with Crippen LogP contribution in [0, 0.1) is 17.8 Å². The number of hydrogen-bond acceptors (Lipinski definition) is 4. The zero-order chi connectivity index (χ0) is 22.1. The van der Waals surface area contributed by atoms with E-state index in [1.165, 1.54) is 4.68 Å². The van der Waals surface area contributed by atoms with E-state index < -0.39 is 16.3 Å². The predicted molar refractivity (Wildman–Crippen MR) is 115 cm³/mol. The molecule has 2 aromatic rings. The summed E-state index contributed by atoms with van der Waals surface area (Å²) in [6.07, 6.45) is 1.57. The van der Waals surface area contributed by atoms with Gasteiger partial charge in [-0.2, -0.15) is 5.10 Å². The van der Waals surface area contributed by atoms with E-state index in [4.69, 9.17) is 28.9 Å². The fraction of sp³-hybridized carbons (Fsp3) is 0.524. The maximum absolute atomic E-state index is 13.2. The van der Waals surface area contributed by atoms with Crippen molar-refractivity contribution >= 4 is 51.8 Å². The first-order chi connectivity index (χ1) is 14.7. The zero-order valence-electron chi connectivity index (χ0n) is 16.9. The molecule has 3 amide bonds. The first-order valence-corrected chi connectivity index (χ1v) is 11.2. The monoisotopic (exact) mass is 463 g/mol. The average molecular weight is 464 g/mol. The van der Waals surface area contributed by atoms with Crippen molar-refractivity contribution in [2.75, 3.05) is 6.54 Å². The van der Waals surface area contributed by atoms with Crippen LogP contribution >= 0.6 is 23.2 Å². The lowest BCUT2D eigenvalue weighted by Crippen LogP contribution is -2.49. The van der Waals surface area contributed by atoms with Gasteiger partial charge in [0, 0.05) is 23.9 Å². The van der Waals surface area contributed by atoms with E-state index in [0.29, 0.717) is 29.8 Å². The molecule has 1 saturated heterocycles. The summed E-state index contributed by atoms with van der Waals surface area (Å²) in [5.74, 6) is -0.520. The number of piperidine rings is 1. The van der Waals surface area contributed by atoms with Gasteiger partial charge in [0.05, 0.1) is 5.52 Å². The molecule has 1 aromatic carbocycles. The van der Waals surface area contributed by atoms with Crippen LogP contribution in [0.1, 0.15) is 30.3 Å². The first-order valence-electron chi connectivity index (χ1n) is 10.4. The minimum Gasteiger partial charge on any atom is -0.364 e. The molecule has 0 bridgehead atoms. The second kappa shape index (κ2) is 7.10. The molecule has 5 rings (SSSR count). The second-order valence-corrected chi connectivity index (χ2v) is 10.3. The number of hydrogen-bond donors (Lipinski definition) is 2. The number of halogens is 2. The lowest BCUT2D eigenvalue weighted by molar-refractivity contribution is -0.140. The lowest BCUT2D eigenvalue weighted by atomic mass is 10.1. The average Bonchev–Trinajstić information content (AvgIpc) is 3.44. The van der Waals surface area contributed by atoms with Gasteiger partial charge in [-0.15, -0.1) is 23.2 Å². The van der Waals surface area contributed by atoms with Gasteiger partial charge in [0.1, 0.15) is 16.9 Å². The molecule has 164 valence electrons. The van der Waals surface area contributed by atoms with Crippen molar-refractivity contribution < 1.29 is 14.4 Å². The number of para-hydroxylation sites is 1. The highest BCUT2D eigenvalue weighted by Gasteiger charge is 2.60. The Hall–Kier alpha value is -2.32. The smallest absolute Gasteiger partial charge is 0.269 e. The molecule has 1 aromatic heterocycles. The minimum absolute atomic E-state index is 0.0162. The van der Waals surface area contributed by atoms with Gasteiger partial charge in [-0.1, -0.05) is 25.1 Å². The molecular formula is C21H23Cl2N5O3. The van der Waals surface area contributed by atoms with E-state index in [-0.39, 0.29) is 41.9 Å². The Bertz CT molecular complexity index is 1100. The predicted octanol–water partition coefficient (Wildman–Crippen LogP) is 1.68. The summed E-state index contributed by atoms with van der Waals surface area (Å²) in [5, 5.41) is 7.80. The number of nitrogens with zero attached hydrogens (tertiary/aromatic N) is 3. The normalized spacial score (nSPS) is 30.2. The summed E-state index contributed by atoms with van der Waals surface area (Å²) in [7, 11) is 0. The number of benzene rings is 1. The lowest BCUT2D eigenvalue weighted by Gasteiger charge is -2.27. The van der Waals surface area contributed by atoms with Crippen LogP contribution in [0.4, 0.5) is 0 Å². The summed E-state index contributed by atoms with van der Waals surface area (Å²) < 4.78 is 0.698. The number of nitrogens with one attached hydrogen (secondary N) is 1. The Labute approximate surface area is 189 Å². The van der Waals surface area contributed by atoms with Crippen LogP contribution < -0.4 is 11.1 Å². The van der Waals surface area contributed by atoms with Gasteiger partial charge < -0.3 is 16.0 Å². The van der Waals surface area contributed by atoms with Crippen molar-refractivity contribution in [1.29, 1.82) is 0 Å². The highest BCUT2D eigenvalue weighted by molar-refractivity contribution is 6.51. The van der Waals surface area contributed by atoms with Gasteiger partial charge in [0.2, 0.25) is 11.8 Å². The van der Waals surface area contributed by atoms with E-state index in [9.17, 15) is 14.4 Å². The van der Waals surface area contributed by atoms with Crippen molar-refractivity contribution in [3.8, 4) is 0 Å². The van der Waals surface area contributed by atoms with Crippen LogP contribution in [0.2, 0.25) is 0 Å². The molecule has 2 heterocycles. The van der Waals surface area contributed by atoms with E-state index in [2.05, 4.69) is 10.4 Å². The van der Waals surface area contributed by atoms with Gasteiger partial charge in [-0.3, -0.25) is 19.1 Å². The first kappa shape index (κ1) is 20.6. The van der Waals surface area contributed by atoms with Crippen molar-refractivity contribution in [2.24, 2.45) is 23.5 Å². The number of amides is 3. The number of alkyl halides is 2. The molecule has 1 aliphatic heterocycles. The maximum Gasteiger partial charge on any atom is 0.269 e. The van der Waals surface area contributed by atoms with Crippen LogP contribution in [0.5, 0.6) is 0 Å². The number of aromatic nitrogens is 2. The Morgan fingerprint density at radius 2 is 1.97 bits per heavy atom. The molecule has 5 atom stereocenters. The maximum atomic E-state index is 13.2. The highest BCUT2D eigenvalue weighted by Crippen LogP contribution is 2.58. The van der Waals surface area contributed by atoms with Gasteiger partial charge in [0.25, 0.3) is 5.91 Å². The standard InChI is InChI=1S/C21H23Cl2N5O3/c1-10-13(21(10,22)23)8-25-20(31)16-7-11-6-15(11)28(16)17(29)9-27-14-5-3-2-4-12(14)18(26-27)19(24)30/h2-5,10-11,13,15-16H,6-9H2,1H3,(H2,24,30)(H,25,31)/t10-,11+,13+,15+,16-/m0/s1. The Morgan fingerprint density at radius 1 is 1.26 bits per heavy atom. The van der Waals surface area contributed by atoms with E-state index in [1.807, 2.05) is 13.0 Å². The minimum atomic E-state index is -0.792. The number of primary amides is 1. The van der Waals surface area contributed by atoms with Crippen LogP contribution in [-0.4, -0.2) is 55.4 Å². The fourth-order valence-corrected chi connectivity index (χ4v) is 5.60. The second-order valence-electron chi connectivity index (χ2n) is 8.82. The van der Waals surface area contributed by atoms with E-state index in [1.54, 1.807) is 23.1 Å². The third kappa shape index (κ3) is 3.36. The Balaban J connectivity index is 1.31. The summed E-state index contributed by atoms with van der Waals surface area (Å²) in [6.45, 7) is 2.28. The van der Waals surface area contributed by atoms with Crippen LogP contribution in [-0.2, 0) is 16.1 Å². The van der Waals surface area contributed by atoms with Crippen LogP contribution in [0.3, 0.4) is 0 Å². The van der Waals surface area contributed by atoms with Crippen LogP contribution in [0.25, 0.3) is 10.9 Å². The third-order valence-corrected chi connectivity index (χ3v) is 8.21. The number of fused-ring (bicyclic) bond motifs is 2. The SMILES string of the molecule is C[C@H]1[C@@H](CNC(=O)[C@@H]2C[C@H]3C[C@H]3N2C(=O)Cn2nc(C(N)=O)c3ccccc32)C1(Cl)Cl. The molecule has 3 fully saturated rings. The third-order valence-electron chi connectivity index (χ3n) is 6.96. The molecule has 2 saturated carbocycles. The summed E-state index contributed by atoms with van der Waals surface area (Å²) in [4.78, 5) is 39.5. The largest absolute Gasteiger partial charge is 0.364 e. The van der Waals surface area contributed by atoms with Crippen molar-refractivity contribution in [3.63, 3.8) is 0 Å². The molecule has 2 aliphatic carbocycles. The van der Waals surface area contributed by atoms with Gasteiger partial charge in [-0.25, -0.2) is 0 Å². The van der Waals surface area contributed by atoms with E-state index in [0.717, 1.165) is 6.42 Å². The molecule has 0 unspecified atom stereocenters. The van der Waals surface area contributed by atoms with Crippen molar-refractivity contribution in [3.05, 3.63) is 30.0 Å². The quantitative estimate of drug-likeness (QED) is 0.634. The Kier molecular flexibility index (Phi) is 4.71. The van der Waals surface area contributed by atoms with Gasteiger partial charge in [0.15, 0.2) is 5.69 Å². The van der Waals surface area contributed by atoms with Crippen molar-refractivity contribution in [2.45, 2.75) is 42.7 Å². The molecule has 3 N–H and O–H groups in total. The summed E-state index contributed by atoms with van der Waals surface area (Å²) in [5.41, 5.74) is 6.23. The zero-order valence-corrected chi connectivity index (χ0v) is 18.4.